The van der Waals surface area contributed by atoms with Crippen LogP contribution < -0.4 is 10.6 Å². The summed E-state index contributed by atoms with van der Waals surface area (Å²) < 4.78 is 0. The van der Waals surface area contributed by atoms with Crippen molar-refractivity contribution in [2.75, 3.05) is 11.9 Å². The van der Waals surface area contributed by atoms with Crippen molar-refractivity contribution in [3.63, 3.8) is 0 Å². The van der Waals surface area contributed by atoms with Crippen LogP contribution in [0.25, 0.3) is 0 Å². The smallest absolute Gasteiger partial charge is 0.241 e. The predicted octanol–water partition coefficient (Wildman–Crippen LogP) is 2.11. The highest BCUT2D eigenvalue weighted by molar-refractivity contribution is 5.95. The van der Waals surface area contributed by atoms with E-state index in [-0.39, 0.29) is 24.4 Å². The van der Waals surface area contributed by atoms with Crippen molar-refractivity contribution in [3.8, 4) is 0 Å². The van der Waals surface area contributed by atoms with Gasteiger partial charge in [0.05, 0.1) is 6.04 Å². The molecule has 1 saturated heterocycles. The molecule has 0 spiro atoms. The van der Waals surface area contributed by atoms with Gasteiger partial charge in [0.2, 0.25) is 5.91 Å². The molecule has 0 bridgehead atoms. The molecule has 1 aliphatic heterocycles. The van der Waals surface area contributed by atoms with Gasteiger partial charge in [-0.2, -0.15) is 0 Å². The molecule has 1 aromatic rings. The van der Waals surface area contributed by atoms with Crippen molar-refractivity contribution in [3.05, 3.63) is 29.8 Å². The third kappa shape index (κ3) is 2.97. The van der Waals surface area contributed by atoms with Crippen LogP contribution in [-0.2, 0) is 4.79 Å². The van der Waals surface area contributed by atoms with E-state index in [1.165, 1.54) is 0 Å². The summed E-state index contributed by atoms with van der Waals surface area (Å²) >= 11 is 0. The topological polar surface area (TPSA) is 41.1 Å². The van der Waals surface area contributed by atoms with Crippen LogP contribution in [-0.4, -0.2) is 18.5 Å². The summed E-state index contributed by atoms with van der Waals surface area (Å²) in [5.41, 5.74) is 2.01. The average Bonchev–Trinajstić information content (AvgIpc) is 2.74. The van der Waals surface area contributed by atoms with Gasteiger partial charge < -0.3 is 10.6 Å². The molecule has 3 nitrogen and oxygen atoms in total. The van der Waals surface area contributed by atoms with Crippen LogP contribution in [0.5, 0.6) is 0 Å². The lowest BCUT2D eigenvalue weighted by molar-refractivity contribution is -0.117. The molecule has 0 aromatic heterocycles. The van der Waals surface area contributed by atoms with E-state index in [0.717, 1.165) is 30.6 Å². The molecule has 1 aliphatic rings. The Morgan fingerprint density at radius 3 is 2.81 bits per heavy atom. The van der Waals surface area contributed by atoms with E-state index in [1.807, 2.05) is 31.2 Å². The fraction of sp³-hybridized carbons (Fsp3) is 0.417. The molecule has 2 rings (SSSR count). The first-order chi connectivity index (χ1) is 7.27. The van der Waals surface area contributed by atoms with Gasteiger partial charge in [-0.1, -0.05) is 18.2 Å². The first kappa shape index (κ1) is 13.0. The van der Waals surface area contributed by atoms with E-state index in [9.17, 15) is 4.79 Å². The Hall–Kier alpha value is -1.06. The fourth-order valence-corrected chi connectivity index (χ4v) is 1.84. The number of para-hydroxylation sites is 1. The summed E-state index contributed by atoms with van der Waals surface area (Å²) in [6.45, 7) is 2.95. The van der Waals surface area contributed by atoms with Crippen molar-refractivity contribution in [1.82, 2.24) is 5.32 Å². The molecule has 1 amide bonds. The zero-order chi connectivity index (χ0) is 10.7. The molecular weight excluding hydrogens is 224 g/mol. The van der Waals surface area contributed by atoms with E-state index in [2.05, 4.69) is 10.6 Å². The number of nitrogens with one attached hydrogen (secondary N) is 2. The number of aryl methyl sites for hydroxylation is 1. The summed E-state index contributed by atoms with van der Waals surface area (Å²) in [4.78, 5) is 11.8. The third-order valence-electron chi connectivity index (χ3n) is 2.78. The summed E-state index contributed by atoms with van der Waals surface area (Å²) in [6, 6.07) is 7.83. The molecule has 1 atom stereocenters. The van der Waals surface area contributed by atoms with Crippen molar-refractivity contribution in [1.29, 1.82) is 0 Å². The van der Waals surface area contributed by atoms with Crippen LogP contribution in [0.2, 0.25) is 0 Å². The van der Waals surface area contributed by atoms with Gasteiger partial charge in [0.15, 0.2) is 0 Å². The van der Waals surface area contributed by atoms with Crippen LogP contribution in [0.4, 0.5) is 5.69 Å². The van der Waals surface area contributed by atoms with E-state index in [1.54, 1.807) is 0 Å². The van der Waals surface area contributed by atoms with Gasteiger partial charge in [0.1, 0.15) is 0 Å². The molecule has 1 heterocycles. The van der Waals surface area contributed by atoms with Gasteiger partial charge in [0.25, 0.3) is 0 Å². The summed E-state index contributed by atoms with van der Waals surface area (Å²) in [7, 11) is 0. The van der Waals surface area contributed by atoms with Crippen molar-refractivity contribution < 1.29 is 4.79 Å². The minimum Gasteiger partial charge on any atom is -0.324 e. The second kappa shape index (κ2) is 5.87. The Morgan fingerprint density at radius 2 is 2.19 bits per heavy atom. The number of hydrogen-bond donors (Lipinski definition) is 2. The highest BCUT2D eigenvalue weighted by atomic mass is 35.5. The van der Waals surface area contributed by atoms with Gasteiger partial charge in [-0.25, -0.2) is 0 Å². The van der Waals surface area contributed by atoms with E-state index in [4.69, 9.17) is 0 Å². The van der Waals surface area contributed by atoms with Gasteiger partial charge in [-0.05, 0) is 37.9 Å². The average molecular weight is 241 g/mol. The van der Waals surface area contributed by atoms with Crippen LogP contribution in [0.15, 0.2) is 24.3 Å². The Kier molecular flexibility index (Phi) is 4.77. The second-order valence-electron chi connectivity index (χ2n) is 3.95. The first-order valence-electron chi connectivity index (χ1n) is 5.37. The zero-order valence-electron chi connectivity index (χ0n) is 9.32. The Bertz CT molecular complexity index is 362. The molecule has 0 unspecified atom stereocenters. The lowest BCUT2D eigenvalue weighted by Gasteiger charge is -2.12. The van der Waals surface area contributed by atoms with Crippen LogP contribution in [0, 0.1) is 6.92 Å². The van der Waals surface area contributed by atoms with Gasteiger partial charge >= 0.3 is 0 Å². The van der Waals surface area contributed by atoms with Gasteiger partial charge in [-0.15, -0.1) is 12.4 Å². The van der Waals surface area contributed by atoms with Crippen molar-refractivity contribution in [2.45, 2.75) is 25.8 Å². The van der Waals surface area contributed by atoms with E-state index in [0.29, 0.717) is 0 Å². The number of benzene rings is 1. The summed E-state index contributed by atoms with van der Waals surface area (Å²) in [5, 5.41) is 6.13. The maximum atomic E-state index is 11.8. The Balaban J connectivity index is 0.00000128. The molecular formula is C12H17ClN2O. The van der Waals surface area contributed by atoms with Crippen molar-refractivity contribution >= 4 is 24.0 Å². The first-order valence-corrected chi connectivity index (χ1v) is 5.37. The van der Waals surface area contributed by atoms with E-state index < -0.39 is 0 Å². The zero-order valence-corrected chi connectivity index (χ0v) is 10.1. The number of carbonyl (C=O) groups excluding carboxylic acids is 1. The second-order valence-corrected chi connectivity index (χ2v) is 3.95. The lowest BCUT2D eigenvalue weighted by atomic mass is 10.1. The monoisotopic (exact) mass is 240 g/mol. The maximum Gasteiger partial charge on any atom is 0.241 e. The predicted molar refractivity (Wildman–Crippen MR) is 68.1 cm³/mol. The van der Waals surface area contributed by atoms with Crippen LogP contribution in [0.1, 0.15) is 18.4 Å². The number of rotatable bonds is 2. The van der Waals surface area contributed by atoms with E-state index >= 15 is 0 Å². The number of amides is 1. The molecule has 0 saturated carbocycles. The minimum atomic E-state index is -0.00962. The highest BCUT2D eigenvalue weighted by Gasteiger charge is 2.21. The molecule has 88 valence electrons. The van der Waals surface area contributed by atoms with Crippen molar-refractivity contribution in [2.24, 2.45) is 0 Å². The molecule has 2 N–H and O–H groups in total. The Labute approximate surface area is 102 Å². The summed E-state index contributed by atoms with van der Waals surface area (Å²) in [6.07, 6.45) is 2.03. The molecule has 0 aliphatic carbocycles. The highest BCUT2D eigenvalue weighted by Crippen LogP contribution is 2.15. The maximum absolute atomic E-state index is 11.8. The molecule has 16 heavy (non-hydrogen) atoms. The van der Waals surface area contributed by atoms with Gasteiger partial charge in [-0.3, -0.25) is 4.79 Å². The molecule has 1 fully saturated rings. The lowest BCUT2D eigenvalue weighted by Crippen LogP contribution is -2.35. The number of anilines is 1. The quantitative estimate of drug-likeness (QED) is 0.832. The number of halogens is 1. The minimum absolute atomic E-state index is 0. The molecule has 0 radical (unpaired) electrons. The van der Waals surface area contributed by atoms with Crippen LogP contribution >= 0.6 is 12.4 Å². The number of carbonyl (C=O) groups is 1. The normalized spacial score (nSPS) is 18.9. The SMILES string of the molecule is Cc1ccccc1NC(=O)[C@@H]1CCCN1.Cl. The summed E-state index contributed by atoms with van der Waals surface area (Å²) in [5.74, 6) is 0.0850. The molecule has 1 aromatic carbocycles. The van der Waals surface area contributed by atoms with Gasteiger partial charge in [0, 0.05) is 5.69 Å². The largest absolute Gasteiger partial charge is 0.324 e. The third-order valence-corrected chi connectivity index (χ3v) is 2.78. The Morgan fingerprint density at radius 1 is 1.44 bits per heavy atom. The standard InChI is InChI=1S/C12H16N2O.ClH/c1-9-5-2-3-6-10(9)14-12(15)11-7-4-8-13-11;/h2-3,5-6,11,13H,4,7-8H2,1H3,(H,14,15);1H/t11-;/m0./s1. The number of hydrogen-bond acceptors (Lipinski definition) is 2. The fourth-order valence-electron chi connectivity index (χ4n) is 1.84. The van der Waals surface area contributed by atoms with Crippen LogP contribution in [0.3, 0.4) is 0 Å². The molecule has 4 heteroatoms.